The Balaban J connectivity index is 1.44. The van der Waals surface area contributed by atoms with Crippen LogP contribution in [0.25, 0.3) is 11.1 Å². The number of hydrogen-bond acceptors (Lipinski definition) is 4. The summed E-state index contributed by atoms with van der Waals surface area (Å²) in [4.78, 5) is 24.7. The number of nitrogens with one attached hydrogen (secondary N) is 1. The van der Waals surface area contributed by atoms with Gasteiger partial charge in [-0.3, -0.25) is 9.36 Å². The Labute approximate surface area is 169 Å². The number of rotatable bonds is 7. The van der Waals surface area contributed by atoms with Crippen LogP contribution in [-0.2, 0) is 16.8 Å². The Kier molecular flexibility index (Phi) is 5.43. The van der Waals surface area contributed by atoms with Crippen molar-refractivity contribution in [2.75, 3.05) is 13.7 Å². The third-order valence-electron chi connectivity index (χ3n) is 6.00. The van der Waals surface area contributed by atoms with E-state index in [1.165, 1.54) is 4.57 Å². The maximum Gasteiger partial charge on any atom is 0.419 e. The third-order valence-corrected chi connectivity index (χ3v) is 6.00. The molecule has 0 aliphatic heterocycles. The predicted molar refractivity (Wildman–Crippen MR) is 111 cm³/mol. The highest BCUT2D eigenvalue weighted by atomic mass is 16.5. The van der Waals surface area contributed by atoms with Crippen LogP contribution in [0.3, 0.4) is 0 Å². The maximum absolute atomic E-state index is 12.6. The summed E-state index contributed by atoms with van der Waals surface area (Å²) in [6.45, 7) is 0.872. The van der Waals surface area contributed by atoms with Gasteiger partial charge >= 0.3 is 5.76 Å². The van der Waals surface area contributed by atoms with Gasteiger partial charge in [-0.25, -0.2) is 4.79 Å². The van der Waals surface area contributed by atoms with E-state index in [-0.39, 0.29) is 17.7 Å². The number of amides is 1. The Bertz CT molecular complexity index is 1060. The largest absolute Gasteiger partial charge is 0.496 e. The number of para-hydroxylation sites is 3. The van der Waals surface area contributed by atoms with Gasteiger partial charge in [-0.1, -0.05) is 43.2 Å². The highest BCUT2D eigenvalue weighted by Crippen LogP contribution is 2.44. The molecular weight excluding hydrogens is 368 g/mol. The van der Waals surface area contributed by atoms with E-state index in [2.05, 4.69) is 11.4 Å². The van der Waals surface area contributed by atoms with E-state index in [1.54, 1.807) is 13.2 Å². The van der Waals surface area contributed by atoms with E-state index in [1.807, 2.05) is 36.4 Å². The third kappa shape index (κ3) is 3.79. The number of benzene rings is 2. The summed E-state index contributed by atoms with van der Waals surface area (Å²) in [5.41, 5.74) is 2.32. The SMILES string of the molecule is COc1ccccc1C1(CNC(=O)CCn2c(=O)oc3ccccc32)CCCC1. The molecule has 3 aromatic rings. The Morgan fingerprint density at radius 1 is 1.14 bits per heavy atom. The van der Waals surface area contributed by atoms with Crippen molar-refractivity contribution in [1.29, 1.82) is 0 Å². The van der Waals surface area contributed by atoms with Gasteiger partial charge in [-0.05, 0) is 31.0 Å². The summed E-state index contributed by atoms with van der Waals surface area (Å²) in [7, 11) is 1.69. The van der Waals surface area contributed by atoms with E-state index in [4.69, 9.17) is 9.15 Å². The molecule has 2 aromatic carbocycles. The second-order valence-corrected chi connectivity index (χ2v) is 7.70. The average molecular weight is 394 g/mol. The minimum atomic E-state index is -0.430. The van der Waals surface area contributed by atoms with Crippen LogP contribution in [-0.4, -0.2) is 24.1 Å². The van der Waals surface area contributed by atoms with E-state index < -0.39 is 5.76 Å². The molecule has 1 heterocycles. The molecule has 0 atom stereocenters. The lowest BCUT2D eigenvalue weighted by molar-refractivity contribution is -0.121. The summed E-state index contributed by atoms with van der Waals surface area (Å²) in [5, 5.41) is 3.10. The first-order valence-electron chi connectivity index (χ1n) is 10.1. The molecule has 1 aliphatic rings. The van der Waals surface area contributed by atoms with E-state index in [0.29, 0.717) is 24.2 Å². The number of methoxy groups -OCH3 is 1. The highest BCUT2D eigenvalue weighted by Gasteiger charge is 2.37. The van der Waals surface area contributed by atoms with Gasteiger partial charge in [0.2, 0.25) is 5.91 Å². The van der Waals surface area contributed by atoms with Crippen LogP contribution in [0.15, 0.2) is 57.7 Å². The first kappa shape index (κ1) is 19.3. The molecule has 29 heavy (non-hydrogen) atoms. The molecule has 1 amide bonds. The number of fused-ring (bicyclic) bond motifs is 1. The van der Waals surface area contributed by atoms with Crippen molar-refractivity contribution in [3.05, 3.63) is 64.6 Å². The van der Waals surface area contributed by atoms with Crippen LogP contribution in [0, 0.1) is 0 Å². The second-order valence-electron chi connectivity index (χ2n) is 7.70. The van der Waals surface area contributed by atoms with Crippen molar-refractivity contribution < 1.29 is 13.9 Å². The fourth-order valence-electron chi connectivity index (χ4n) is 4.47. The maximum atomic E-state index is 12.6. The van der Waals surface area contributed by atoms with Crippen molar-refractivity contribution in [2.24, 2.45) is 0 Å². The first-order valence-corrected chi connectivity index (χ1v) is 10.1. The van der Waals surface area contributed by atoms with Crippen molar-refractivity contribution in [2.45, 2.75) is 44.1 Å². The van der Waals surface area contributed by atoms with Crippen molar-refractivity contribution >= 4 is 17.0 Å². The van der Waals surface area contributed by atoms with Crippen LogP contribution in [0.1, 0.15) is 37.7 Å². The molecule has 0 radical (unpaired) electrons. The molecule has 0 unspecified atom stereocenters. The van der Waals surface area contributed by atoms with Gasteiger partial charge < -0.3 is 14.5 Å². The number of carbonyl (C=O) groups excluding carboxylic acids is 1. The average Bonchev–Trinajstić information content (AvgIpc) is 3.35. The van der Waals surface area contributed by atoms with Crippen molar-refractivity contribution in [3.8, 4) is 5.75 Å². The van der Waals surface area contributed by atoms with Crippen LogP contribution in [0.2, 0.25) is 0 Å². The molecule has 1 aromatic heterocycles. The minimum Gasteiger partial charge on any atom is -0.496 e. The molecule has 6 nitrogen and oxygen atoms in total. The molecule has 4 rings (SSSR count). The molecular formula is C23H26N2O4. The molecule has 6 heteroatoms. The number of aromatic nitrogens is 1. The van der Waals surface area contributed by atoms with Crippen molar-refractivity contribution in [3.63, 3.8) is 0 Å². The monoisotopic (exact) mass is 394 g/mol. The number of hydrogen-bond donors (Lipinski definition) is 1. The molecule has 1 aliphatic carbocycles. The molecule has 1 saturated carbocycles. The lowest BCUT2D eigenvalue weighted by Gasteiger charge is -2.31. The molecule has 0 bridgehead atoms. The van der Waals surface area contributed by atoms with Crippen molar-refractivity contribution in [1.82, 2.24) is 9.88 Å². The summed E-state index contributed by atoms with van der Waals surface area (Å²) < 4.78 is 12.3. The van der Waals surface area contributed by atoms with Gasteiger partial charge in [-0.15, -0.1) is 0 Å². The normalized spacial score (nSPS) is 15.5. The Hall–Kier alpha value is -3.02. The summed E-state index contributed by atoms with van der Waals surface area (Å²) in [5.74, 6) is 0.378. The second kappa shape index (κ2) is 8.15. The van der Waals surface area contributed by atoms with Crippen LogP contribution in [0.5, 0.6) is 5.75 Å². The fraction of sp³-hybridized carbons (Fsp3) is 0.391. The fourth-order valence-corrected chi connectivity index (χ4v) is 4.47. The van der Waals surface area contributed by atoms with Gasteiger partial charge in [0.05, 0.1) is 12.6 Å². The zero-order valence-electron chi connectivity index (χ0n) is 16.6. The molecule has 1 N–H and O–H groups in total. The van der Waals surface area contributed by atoms with Crippen LogP contribution in [0.4, 0.5) is 0 Å². The summed E-state index contributed by atoms with van der Waals surface area (Å²) >= 11 is 0. The number of aryl methyl sites for hydroxylation is 1. The first-order chi connectivity index (χ1) is 14.1. The van der Waals surface area contributed by atoms with E-state index in [0.717, 1.165) is 37.0 Å². The van der Waals surface area contributed by atoms with Gasteiger partial charge in [0.25, 0.3) is 0 Å². The minimum absolute atomic E-state index is 0.0663. The summed E-state index contributed by atoms with van der Waals surface area (Å²) in [6.07, 6.45) is 4.57. The zero-order chi connectivity index (χ0) is 20.3. The topological polar surface area (TPSA) is 73.5 Å². The van der Waals surface area contributed by atoms with Gasteiger partial charge in [0, 0.05) is 30.5 Å². The molecule has 152 valence electrons. The summed E-state index contributed by atoms with van der Waals surface area (Å²) in [6, 6.07) is 15.3. The number of oxazole rings is 1. The van der Waals surface area contributed by atoms with Crippen LogP contribution < -0.4 is 15.8 Å². The lowest BCUT2D eigenvalue weighted by Crippen LogP contribution is -2.39. The molecule has 0 spiro atoms. The number of carbonyl (C=O) groups is 1. The van der Waals surface area contributed by atoms with Crippen LogP contribution >= 0.6 is 0 Å². The zero-order valence-corrected chi connectivity index (χ0v) is 16.6. The van der Waals surface area contributed by atoms with E-state index >= 15 is 0 Å². The number of nitrogens with zero attached hydrogens (tertiary/aromatic N) is 1. The smallest absolute Gasteiger partial charge is 0.419 e. The molecule has 0 saturated heterocycles. The molecule has 1 fully saturated rings. The Morgan fingerprint density at radius 2 is 1.86 bits per heavy atom. The standard InChI is InChI=1S/C23H26N2O4/c1-28-19-10-4-2-8-17(19)23(13-6-7-14-23)16-24-21(26)12-15-25-18-9-3-5-11-20(18)29-22(25)27/h2-5,8-11H,6-7,12-16H2,1H3,(H,24,26). The van der Waals surface area contributed by atoms with E-state index in [9.17, 15) is 9.59 Å². The van der Waals surface area contributed by atoms with Gasteiger partial charge in [0.15, 0.2) is 5.58 Å². The Morgan fingerprint density at radius 3 is 2.66 bits per heavy atom. The predicted octanol–water partition coefficient (Wildman–Crippen LogP) is 3.62. The van der Waals surface area contributed by atoms with Gasteiger partial charge in [0.1, 0.15) is 5.75 Å². The quantitative estimate of drug-likeness (QED) is 0.664. The van der Waals surface area contributed by atoms with Gasteiger partial charge in [-0.2, -0.15) is 0 Å². The highest BCUT2D eigenvalue weighted by molar-refractivity contribution is 5.77. The lowest BCUT2D eigenvalue weighted by atomic mass is 9.78. The number of ether oxygens (including phenoxy) is 1.